The Hall–Kier alpha value is -2.37. The molecule has 0 aromatic rings. The molecule has 0 saturated heterocycles. The number of alkyl halides is 1. The predicted octanol–water partition coefficient (Wildman–Crippen LogP) is -0.851. The van der Waals surface area contributed by atoms with Gasteiger partial charge in [-0.15, -0.1) is 0 Å². The molecular weight excluding hydrogens is 450 g/mol. The van der Waals surface area contributed by atoms with Gasteiger partial charge in [-0.05, 0) is 34.6 Å². The van der Waals surface area contributed by atoms with Crippen molar-refractivity contribution in [3.05, 3.63) is 0 Å². The minimum Gasteiger partial charge on any atom is -0.444 e. The molecular formula is C17H30BrN5O6. The van der Waals surface area contributed by atoms with Crippen molar-refractivity contribution < 1.29 is 28.7 Å². The zero-order valence-corrected chi connectivity index (χ0v) is 18.9. The summed E-state index contributed by atoms with van der Waals surface area (Å²) in [4.78, 5) is 57.8. The summed E-state index contributed by atoms with van der Waals surface area (Å²) < 4.78 is 4.27. The van der Waals surface area contributed by atoms with Crippen LogP contribution in [0.1, 0.15) is 34.6 Å². The van der Waals surface area contributed by atoms with Crippen LogP contribution in [0.2, 0.25) is 0 Å². The Morgan fingerprint density at radius 3 is 1.55 bits per heavy atom. The van der Waals surface area contributed by atoms with Crippen LogP contribution in [0.4, 0.5) is 4.79 Å². The smallest absolute Gasteiger partial charge is 0.408 e. The number of ether oxygens (including phenoxy) is 1. The van der Waals surface area contributed by atoms with Crippen molar-refractivity contribution >= 4 is 45.7 Å². The van der Waals surface area contributed by atoms with Gasteiger partial charge in [0.15, 0.2) is 0 Å². The first-order valence-corrected chi connectivity index (χ1v) is 9.74. The molecule has 0 fully saturated rings. The highest BCUT2D eigenvalue weighted by atomic mass is 79.9. The lowest BCUT2D eigenvalue weighted by Crippen LogP contribution is -2.46. The van der Waals surface area contributed by atoms with Crippen LogP contribution in [0, 0.1) is 0 Å². The van der Waals surface area contributed by atoms with E-state index in [0.717, 1.165) is 0 Å². The molecule has 0 unspecified atom stereocenters. The Balaban J connectivity index is 3.87. The summed E-state index contributed by atoms with van der Waals surface area (Å²) >= 11 is 3.22. The van der Waals surface area contributed by atoms with Crippen LogP contribution in [-0.4, -0.2) is 72.4 Å². The highest BCUT2D eigenvalue weighted by Gasteiger charge is 2.22. The van der Waals surface area contributed by atoms with Gasteiger partial charge in [0.1, 0.15) is 12.1 Å². The second kappa shape index (κ2) is 12.2. The number of rotatable bonds is 10. The Bertz CT molecular complexity index is 612. The molecule has 0 aromatic carbocycles. The van der Waals surface area contributed by atoms with Crippen molar-refractivity contribution in [2.75, 3.05) is 32.7 Å². The average molecular weight is 480 g/mol. The standard InChI is InChI=1S/C17H30BrN5O6/c1-16(2,3)29-15(28)23-10-13(26)22-9-12(25)21-8-11(24)19-6-7-20-14(27)17(4,5)18/h6-10H2,1-5H3,(H,19,24)(H,20,27)(H,21,25)(H,22,26)(H,23,28). The van der Waals surface area contributed by atoms with E-state index in [0.29, 0.717) is 0 Å². The van der Waals surface area contributed by atoms with Crippen LogP contribution in [0.25, 0.3) is 0 Å². The first kappa shape index (κ1) is 26.6. The SMILES string of the molecule is CC(C)(C)OC(=O)NCC(=O)NCC(=O)NCC(=O)NCCNC(=O)C(C)(C)Br. The Morgan fingerprint density at radius 2 is 1.10 bits per heavy atom. The highest BCUT2D eigenvalue weighted by Crippen LogP contribution is 2.14. The largest absolute Gasteiger partial charge is 0.444 e. The molecule has 5 amide bonds. The monoisotopic (exact) mass is 479 g/mol. The number of nitrogens with one attached hydrogen (secondary N) is 5. The van der Waals surface area contributed by atoms with Gasteiger partial charge in [0.05, 0.1) is 17.4 Å². The van der Waals surface area contributed by atoms with Gasteiger partial charge < -0.3 is 31.3 Å². The molecule has 12 heteroatoms. The molecule has 0 radical (unpaired) electrons. The van der Waals surface area contributed by atoms with Crippen LogP contribution in [0.5, 0.6) is 0 Å². The molecule has 0 bridgehead atoms. The fourth-order valence-electron chi connectivity index (χ4n) is 1.60. The molecule has 0 spiro atoms. The molecule has 0 atom stereocenters. The summed E-state index contributed by atoms with van der Waals surface area (Å²) in [5, 5.41) is 12.1. The highest BCUT2D eigenvalue weighted by molar-refractivity contribution is 9.10. The Labute approximate surface area is 178 Å². The summed E-state index contributed by atoms with van der Waals surface area (Å²) in [7, 11) is 0. The summed E-state index contributed by atoms with van der Waals surface area (Å²) in [6, 6.07) is 0. The zero-order chi connectivity index (χ0) is 22.7. The van der Waals surface area contributed by atoms with Gasteiger partial charge in [0.2, 0.25) is 23.6 Å². The van der Waals surface area contributed by atoms with Gasteiger partial charge in [-0.2, -0.15) is 0 Å². The normalized spacial score (nSPS) is 11.1. The first-order chi connectivity index (χ1) is 13.2. The van der Waals surface area contributed by atoms with E-state index in [9.17, 15) is 24.0 Å². The van der Waals surface area contributed by atoms with Crippen LogP contribution in [-0.2, 0) is 23.9 Å². The van der Waals surface area contributed by atoms with E-state index < -0.39 is 33.7 Å². The topological polar surface area (TPSA) is 155 Å². The third-order valence-electron chi connectivity index (χ3n) is 2.96. The van der Waals surface area contributed by atoms with Gasteiger partial charge in [-0.3, -0.25) is 19.2 Å². The van der Waals surface area contributed by atoms with E-state index in [4.69, 9.17) is 4.74 Å². The lowest BCUT2D eigenvalue weighted by molar-refractivity contribution is -0.127. The quantitative estimate of drug-likeness (QED) is 0.203. The van der Waals surface area contributed by atoms with E-state index in [1.165, 1.54) is 0 Å². The molecule has 29 heavy (non-hydrogen) atoms. The molecule has 5 N–H and O–H groups in total. The summed E-state index contributed by atoms with van der Waals surface area (Å²) in [5.74, 6) is -1.80. The molecule has 0 rings (SSSR count). The number of alkyl carbamates (subject to hydrolysis) is 1. The molecule has 0 saturated carbocycles. The van der Waals surface area contributed by atoms with Crippen molar-refractivity contribution in [2.24, 2.45) is 0 Å². The number of carbonyl (C=O) groups is 5. The summed E-state index contributed by atoms with van der Waals surface area (Å²) in [5.41, 5.74) is -0.683. The average Bonchev–Trinajstić information content (AvgIpc) is 2.57. The number of carbonyl (C=O) groups excluding carboxylic acids is 5. The van der Waals surface area contributed by atoms with Crippen molar-refractivity contribution in [1.82, 2.24) is 26.6 Å². The van der Waals surface area contributed by atoms with Gasteiger partial charge in [-0.1, -0.05) is 15.9 Å². The third-order valence-corrected chi connectivity index (χ3v) is 3.32. The van der Waals surface area contributed by atoms with Crippen LogP contribution in [0.15, 0.2) is 0 Å². The minimum absolute atomic E-state index is 0.205. The summed E-state index contributed by atoms with van der Waals surface area (Å²) in [6.45, 7) is 7.94. The first-order valence-electron chi connectivity index (χ1n) is 8.95. The molecule has 0 aliphatic heterocycles. The van der Waals surface area contributed by atoms with Gasteiger partial charge in [0, 0.05) is 13.1 Å². The Morgan fingerprint density at radius 1 is 0.690 bits per heavy atom. The fourth-order valence-corrected chi connectivity index (χ4v) is 1.74. The zero-order valence-electron chi connectivity index (χ0n) is 17.4. The molecule has 0 heterocycles. The van der Waals surface area contributed by atoms with Crippen molar-refractivity contribution in [3.63, 3.8) is 0 Å². The van der Waals surface area contributed by atoms with E-state index in [1.54, 1.807) is 34.6 Å². The maximum absolute atomic E-state index is 11.6. The number of amides is 5. The molecule has 0 aliphatic carbocycles. The van der Waals surface area contributed by atoms with E-state index in [1.807, 2.05) is 0 Å². The van der Waals surface area contributed by atoms with E-state index in [-0.39, 0.29) is 38.6 Å². The molecule has 11 nitrogen and oxygen atoms in total. The lowest BCUT2D eigenvalue weighted by atomic mass is 10.2. The maximum atomic E-state index is 11.6. The second-order valence-electron chi connectivity index (χ2n) is 7.49. The number of halogens is 1. The molecule has 166 valence electrons. The molecule has 0 aliphatic rings. The number of hydrogen-bond donors (Lipinski definition) is 5. The van der Waals surface area contributed by atoms with Crippen LogP contribution in [0.3, 0.4) is 0 Å². The van der Waals surface area contributed by atoms with Gasteiger partial charge in [-0.25, -0.2) is 4.79 Å². The second-order valence-corrected chi connectivity index (χ2v) is 9.47. The van der Waals surface area contributed by atoms with Gasteiger partial charge >= 0.3 is 6.09 Å². The minimum atomic E-state index is -0.746. The van der Waals surface area contributed by atoms with Crippen LogP contribution < -0.4 is 26.6 Å². The number of hydrogen-bond acceptors (Lipinski definition) is 6. The lowest BCUT2D eigenvalue weighted by Gasteiger charge is -2.19. The predicted molar refractivity (Wildman–Crippen MR) is 109 cm³/mol. The van der Waals surface area contributed by atoms with Crippen molar-refractivity contribution in [1.29, 1.82) is 0 Å². The van der Waals surface area contributed by atoms with E-state index >= 15 is 0 Å². The molecule has 0 aromatic heterocycles. The van der Waals surface area contributed by atoms with Gasteiger partial charge in [0.25, 0.3) is 0 Å². The van der Waals surface area contributed by atoms with Crippen molar-refractivity contribution in [3.8, 4) is 0 Å². The fraction of sp³-hybridized carbons (Fsp3) is 0.706. The Kier molecular flexibility index (Phi) is 11.2. The van der Waals surface area contributed by atoms with E-state index in [2.05, 4.69) is 42.5 Å². The maximum Gasteiger partial charge on any atom is 0.408 e. The van der Waals surface area contributed by atoms with Crippen molar-refractivity contribution in [2.45, 2.75) is 44.5 Å². The summed E-state index contributed by atoms with van der Waals surface area (Å²) in [6.07, 6.45) is -0.746. The third kappa shape index (κ3) is 15.3. The van der Waals surface area contributed by atoms with Crippen LogP contribution >= 0.6 is 15.9 Å².